The maximum Gasteiger partial charge on any atom is 0.243 e. The minimum atomic E-state index is -3.63. The third kappa shape index (κ3) is 3.61. The van der Waals surface area contributed by atoms with Crippen molar-refractivity contribution in [3.63, 3.8) is 0 Å². The van der Waals surface area contributed by atoms with Crippen LogP contribution in [-0.4, -0.2) is 36.9 Å². The predicted octanol–water partition coefficient (Wildman–Crippen LogP) is 2.76. The van der Waals surface area contributed by atoms with Gasteiger partial charge in [-0.15, -0.1) is 0 Å². The summed E-state index contributed by atoms with van der Waals surface area (Å²) in [5.41, 5.74) is 0.985. The Morgan fingerprint density at radius 1 is 1.40 bits per heavy atom. The van der Waals surface area contributed by atoms with Crippen molar-refractivity contribution in [2.75, 3.05) is 13.1 Å². The summed E-state index contributed by atoms with van der Waals surface area (Å²) in [6.45, 7) is 2.28. The van der Waals surface area contributed by atoms with Gasteiger partial charge in [-0.25, -0.2) is 13.4 Å². The minimum Gasteiger partial charge on any atom is -0.473 e. The Morgan fingerprint density at radius 3 is 2.96 bits per heavy atom. The van der Waals surface area contributed by atoms with Crippen molar-refractivity contribution in [2.24, 2.45) is 0 Å². The van der Waals surface area contributed by atoms with Crippen molar-refractivity contribution in [1.82, 2.24) is 9.29 Å². The third-order valence-electron chi connectivity index (χ3n) is 4.09. The molecular formula is C17H16ClN3O3S. The fourth-order valence-corrected chi connectivity index (χ4v) is 4.70. The highest BCUT2D eigenvalue weighted by molar-refractivity contribution is 7.89. The lowest BCUT2D eigenvalue weighted by Gasteiger charge is -2.18. The van der Waals surface area contributed by atoms with Gasteiger partial charge in [0.1, 0.15) is 6.10 Å². The van der Waals surface area contributed by atoms with Gasteiger partial charge in [0.15, 0.2) is 0 Å². The summed E-state index contributed by atoms with van der Waals surface area (Å²) < 4.78 is 32.8. The van der Waals surface area contributed by atoms with Gasteiger partial charge in [-0.3, -0.25) is 0 Å². The van der Waals surface area contributed by atoms with Gasteiger partial charge >= 0.3 is 0 Å². The molecule has 2 aromatic rings. The second-order valence-electron chi connectivity index (χ2n) is 5.75. The minimum absolute atomic E-state index is 0.213. The molecule has 0 spiro atoms. The molecule has 1 aliphatic heterocycles. The molecule has 1 atom stereocenters. The maximum atomic E-state index is 12.9. The number of halogens is 1. The number of ether oxygens (including phenoxy) is 1. The van der Waals surface area contributed by atoms with Crippen LogP contribution >= 0.6 is 11.6 Å². The Morgan fingerprint density at radius 2 is 2.20 bits per heavy atom. The zero-order valence-corrected chi connectivity index (χ0v) is 15.1. The van der Waals surface area contributed by atoms with E-state index in [2.05, 4.69) is 4.98 Å². The molecule has 8 heteroatoms. The van der Waals surface area contributed by atoms with E-state index in [9.17, 15) is 8.42 Å². The van der Waals surface area contributed by atoms with E-state index in [1.807, 2.05) is 6.07 Å². The predicted molar refractivity (Wildman–Crippen MR) is 92.9 cm³/mol. The van der Waals surface area contributed by atoms with Gasteiger partial charge in [0.25, 0.3) is 0 Å². The van der Waals surface area contributed by atoms with Gasteiger partial charge in [0.2, 0.25) is 15.9 Å². The van der Waals surface area contributed by atoms with Crippen molar-refractivity contribution >= 4 is 21.6 Å². The van der Waals surface area contributed by atoms with Crippen molar-refractivity contribution < 1.29 is 13.2 Å². The Balaban J connectivity index is 1.76. The first kappa shape index (κ1) is 17.7. The molecule has 0 bridgehead atoms. The highest BCUT2D eigenvalue weighted by atomic mass is 35.5. The smallest absolute Gasteiger partial charge is 0.243 e. The van der Waals surface area contributed by atoms with Crippen molar-refractivity contribution in [3.05, 3.63) is 52.7 Å². The molecule has 0 radical (unpaired) electrons. The fraction of sp³-hybridized carbons (Fsp3) is 0.294. The Hall–Kier alpha value is -2.14. The summed E-state index contributed by atoms with van der Waals surface area (Å²) in [5.74, 6) is 0.322. The first-order chi connectivity index (χ1) is 11.9. The first-order valence-corrected chi connectivity index (χ1v) is 9.51. The normalized spacial score (nSPS) is 18.0. The molecule has 0 N–H and O–H groups in total. The summed E-state index contributed by atoms with van der Waals surface area (Å²) in [5, 5.41) is 9.34. The Kier molecular flexibility index (Phi) is 4.95. The second-order valence-corrected chi connectivity index (χ2v) is 8.06. The fourth-order valence-electron chi connectivity index (χ4n) is 2.73. The van der Waals surface area contributed by atoms with Gasteiger partial charge in [0.05, 0.1) is 23.1 Å². The maximum absolute atomic E-state index is 12.9. The van der Waals surface area contributed by atoms with E-state index in [4.69, 9.17) is 21.6 Å². The van der Waals surface area contributed by atoms with Crippen LogP contribution in [0.3, 0.4) is 0 Å². The molecule has 25 heavy (non-hydrogen) atoms. The second kappa shape index (κ2) is 7.00. The van der Waals surface area contributed by atoms with Crippen molar-refractivity contribution in [1.29, 1.82) is 5.26 Å². The molecule has 2 heterocycles. The summed E-state index contributed by atoms with van der Waals surface area (Å²) in [6, 6.07) is 10.00. The number of aromatic nitrogens is 1. The topological polar surface area (TPSA) is 83.3 Å². The summed E-state index contributed by atoms with van der Waals surface area (Å²) in [4.78, 5) is 4.28. The van der Waals surface area contributed by atoms with Gasteiger partial charge in [-0.2, -0.15) is 9.57 Å². The monoisotopic (exact) mass is 377 g/mol. The molecule has 1 aromatic carbocycles. The third-order valence-corrected chi connectivity index (χ3v) is 6.51. The first-order valence-electron chi connectivity index (χ1n) is 7.70. The number of nitrogens with zero attached hydrogens (tertiary/aromatic N) is 3. The quantitative estimate of drug-likeness (QED) is 0.818. The van der Waals surface area contributed by atoms with Crippen molar-refractivity contribution in [3.8, 4) is 11.9 Å². The summed E-state index contributed by atoms with van der Waals surface area (Å²) in [7, 11) is -3.63. The van der Waals surface area contributed by atoms with Gasteiger partial charge in [-0.1, -0.05) is 17.7 Å². The van der Waals surface area contributed by atoms with Crippen LogP contribution in [0.5, 0.6) is 5.88 Å². The lowest BCUT2D eigenvalue weighted by atomic mass is 10.2. The van der Waals surface area contributed by atoms with Crippen LogP contribution in [0.4, 0.5) is 0 Å². The number of nitriles is 1. The zero-order chi connectivity index (χ0) is 18.0. The van der Waals surface area contributed by atoms with E-state index in [0.717, 1.165) is 0 Å². The van der Waals surface area contributed by atoms with E-state index in [1.54, 1.807) is 31.2 Å². The Labute approximate surface area is 151 Å². The van der Waals surface area contributed by atoms with E-state index >= 15 is 0 Å². The van der Waals surface area contributed by atoms with E-state index in [-0.39, 0.29) is 17.5 Å². The molecule has 0 amide bonds. The lowest BCUT2D eigenvalue weighted by Crippen LogP contribution is -2.31. The molecule has 130 valence electrons. The average molecular weight is 378 g/mol. The summed E-state index contributed by atoms with van der Waals surface area (Å²) >= 11 is 6.05. The standard InChI is InChI=1S/C17H16ClN3O3S/c1-12-15(18)3-2-4-16(12)25(22,23)21-8-6-14(11-21)24-17-9-13(10-19)5-7-20-17/h2-5,7,9,14H,6,8,11H2,1H3. The molecule has 3 rings (SSSR count). The molecule has 1 unspecified atom stereocenters. The molecule has 1 aliphatic rings. The summed E-state index contributed by atoms with van der Waals surface area (Å²) in [6.07, 6.45) is 1.74. The number of hydrogen-bond donors (Lipinski definition) is 0. The molecular weight excluding hydrogens is 362 g/mol. The molecule has 0 aliphatic carbocycles. The molecule has 6 nitrogen and oxygen atoms in total. The largest absolute Gasteiger partial charge is 0.473 e. The molecule has 1 saturated heterocycles. The number of hydrogen-bond acceptors (Lipinski definition) is 5. The van der Waals surface area contributed by atoms with Crippen LogP contribution in [0.15, 0.2) is 41.4 Å². The van der Waals surface area contributed by atoms with Crippen LogP contribution in [0.1, 0.15) is 17.5 Å². The molecule has 0 saturated carbocycles. The Bertz CT molecular complexity index is 940. The van der Waals surface area contributed by atoms with Crippen LogP contribution in [0.2, 0.25) is 5.02 Å². The number of sulfonamides is 1. The highest BCUT2D eigenvalue weighted by Crippen LogP contribution is 2.28. The van der Waals surface area contributed by atoms with E-state index in [1.165, 1.54) is 16.6 Å². The molecule has 1 fully saturated rings. The number of rotatable bonds is 4. The van der Waals surface area contributed by atoms with E-state index < -0.39 is 10.0 Å². The van der Waals surface area contributed by atoms with Gasteiger partial charge < -0.3 is 4.74 Å². The average Bonchev–Trinajstić information content (AvgIpc) is 3.06. The van der Waals surface area contributed by atoms with Crippen LogP contribution in [-0.2, 0) is 10.0 Å². The van der Waals surface area contributed by atoms with Crippen LogP contribution < -0.4 is 4.74 Å². The van der Waals surface area contributed by atoms with Crippen molar-refractivity contribution in [2.45, 2.75) is 24.3 Å². The highest BCUT2D eigenvalue weighted by Gasteiger charge is 2.34. The van der Waals surface area contributed by atoms with Crippen LogP contribution in [0.25, 0.3) is 0 Å². The number of benzene rings is 1. The zero-order valence-electron chi connectivity index (χ0n) is 13.5. The SMILES string of the molecule is Cc1c(Cl)cccc1S(=O)(=O)N1CCC(Oc2cc(C#N)ccn2)C1. The van der Waals surface area contributed by atoms with E-state index in [0.29, 0.717) is 35.0 Å². The van der Waals surface area contributed by atoms with Gasteiger partial charge in [0, 0.05) is 23.8 Å². The van der Waals surface area contributed by atoms with Gasteiger partial charge in [-0.05, 0) is 37.1 Å². The van der Waals surface area contributed by atoms with Crippen LogP contribution in [0, 0.1) is 18.3 Å². The lowest BCUT2D eigenvalue weighted by molar-refractivity contribution is 0.207. The molecule has 1 aromatic heterocycles. The number of pyridine rings is 1.